The Bertz CT molecular complexity index is 301. The fourth-order valence-corrected chi connectivity index (χ4v) is 1.79. The summed E-state index contributed by atoms with van der Waals surface area (Å²) in [5.41, 5.74) is 0. The summed E-state index contributed by atoms with van der Waals surface area (Å²) < 4.78 is 0. The van der Waals surface area contributed by atoms with Crippen LogP contribution in [0.25, 0.3) is 0 Å². The summed E-state index contributed by atoms with van der Waals surface area (Å²) in [6.07, 6.45) is 2.80. The van der Waals surface area contributed by atoms with Crippen LogP contribution in [-0.2, 0) is 9.59 Å². The first-order chi connectivity index (χ1) is 7.15. The van der Waals surface area contributed by atoms with Gasteiger partial charge in [0, 0.05) is 0 Å². The van der Waals surface area contributed by atoms with Gasteiger partial charge in [-0.2, -0.15) is 0 Å². The van der Waals surface area contributed by atoms with Crippen molar-refractivity contribution in [2.75, 3.05) is 0 Å². The lowest BCUT2D eigenvalue weighted by Gasteiger charge is -2.22. The van der Waals surface area contributed by atoms with Crippen LogP contribution in [0, 0.1) is 0 Å². The molecule has 2 fully saturated rings. The molecule has 15 heavy (non-hydrogen) atoms. The zero-order valence-electron chi connectivity index (χ0n) is 8.19. The highest BCUT2D eigenvalue weighted by molar-refractivity contribution is 6.45. The third kappa shape index (κ3) is 2.33. The van der Waals surface area contributed by atoms with Gasteiger partial charge in [-0.05, 0) is 25.7 Å². The molecule has 2 rings (SSSR count). The highest BCUT2D eigenvalue weighted by Gasteiger charge is 2.27. The normalized spacial score (nSPS) is 31.1. The molecule has 2 amide bonds. The maximum absolute atomic E-state index is 10.8. The molecule has 0 unspecified atom stereocenters. The van der Waals surface area contributed by atoms with Crippen LogP contribution in [0.15, 0.2) is 4.99 Å². The van der Waals surface area contributed by atoms with Crippen LogP contribution in [0.3, 0.4) is 0 Å². The van der Waals surface area contributed by atoms with Crippen LogP contribution in [0.2, 0.25) is 0 Å². The second-order valence-electron chi connectivity index (χ2n) is 3.85. The van der Waals surface area contributed by atoms with Gasteiger partial charge in [0.2, 0.25) is 5.96 Å². The number of hydrogen-bond donors (Lipinski definition) is 3. The van der Waals surface area contributed by atoms with E-state index in [9.17, 15) is 14.7 Å². The summed E-state index contributed by atoms with van der Waals surface area (Å²) in [5, 5.41) is 14.0. The molecule has 0 radical (unpaired) electrons. The first-order valence-corrected chi connectivity index (χ1v) is 5.03. The quantitative estimate of drug-likeness (QED) is 0.480. The van der Waals surface area contributed by atoms with E-state index in [1.54, 1.807) is 0 Å². The lowest BCUT2D eigenvalue weighted by atomic mass is 9.94. The number of nitrogens with zero attached hydrogens (tertiary/aromatic N) is 1. The van der Waals surface area contributed by atoms with Crippen LogP contribution in [0.5, 0.6) is 0 Å². The second-order valence-corrected chi connectivity index (χ2v) is 3.85. The largest absolute Gasteiger partial charge is 0.393 e. The number of guanidine groups is 1. The molecule has 1 saturated heterocycles. The van der Waals surface area contributed by atoms with Crippen molar-refractivity contribution in [3.8, 4) is 0 Å². The van der Waals surface area contributed by atoms with Crippen molar-refractivity contribution in [1.29, 1.82) is 0 Å². The molecule has 0 aromatic heterocycles. The van der Waals surface area contributed by atoms with Gasteiger partial charge in [-0.3, -0.25) is 20.2 Å². The van der Waals surface area contributed by atoms with Gasteiger partial charge in [0.05, 0.1) is 12.1 Å². The Morgan fingerprint density at radius 3 is 2.13 bits per heavy atom. The van der Waals surface area contributed by atoms with Gasteiger partial charge in [-0.25, -0.2) is 4.99 Å². The first-order valence-electron chi connectivity index (χ1n) is 5.03. The molecule has 2 aliphatic rings. The number of nitrogens with one attached hydrogen (secondary N) is 2. The molecule has 1 saturated carbocycles. The van der Waals surface area contributed by atoms with Crippen LogP contribution in [-0.4, -0.2) is 35.0 Å². The molecule has 1 aliphatic carbocycles. The average Bonchev–Trinajstić information content (AvgIpc) is 2.50. The van der Waals surface area contributed by atoms with E-state index in [-0.39, 0.29) is 18.1 Å². The molecule has 0 aromatic rings. The first kappa shape index (κ1) is 10.1. The molecule has 0 bridgehead atoms. The maximum atomic E-state index is 10.8. The van der Waals surface area contributed by atoms with Gasteiger partial charge in [-0.15, -0.1) is 0 Å². The highest BCUT2D eigenvalue weighted by atomic mass is 16.3. The Labute approximate surface area is 86.8 Å². The molecule has 0 spiro atoms. The predicted octanol–water partition coefficient (Wildman–Crippen LogP) is -1.11. The number of carbonyl (C=O) groups is 2. The van der Waals surface area contributed by atoms with E-state index in [2.05, 4.69) is 15.6 Å². The zero-order chi connectivity index (χ0) is 10.8. The van der Waals surface area contributed by atoms with Gasteiger partial charge in [0.1, 0.15) is 0 Å². The van der Waals surface area contributed by atoms with Crippen molar-refractivity contribution < 1.29 is 14.7 Å². The minimum absolute atomic E-state index is 0.0853. The smallest absolute Gasteiger partial charge is 0.316 e. The number of aliphatic hydroxyl groups excluding tert-OH is 1. The van der Waals surface area contributed by atoms with E-state index in [4.69, 9.17) is 0 Å². The summed E-state index contributed by atoms with van der Waals surface area (Å²) in [6.45, 7) is 0. The lowest BCUT2D eigenvalue weighted by molar-refractivity contribution is -0.135. The van der Waals surface area contributed by atoms with Crippen molar-refractivity contribution in [3.05, 3.63) is 0 Å². The van der Waals surface area contributed by atoms with Gasteiger partial charge >= 0.3 is 11.8 Å². The van der Waals surface area contributed by atoms with E-state index in [0.717, 1.165) is 25.7 Å². The number of rotatable bonds is 1. The topological polar surface area (TPSA) is 90.8 Å². The van der Waals surface area contributed by atoms with E-state index in [1.807, 2.05) is 0 Å². The monoisotopic (exact) mass is 211 g/mol. The molecule has 1 aliphatic heterocycles. The van der Waals surface area contributed by atoms with E-state index < -0.39 is 11.8 Å². The van der Waals surface area contributed by atoms with Crippen molar-refractivity contribution in [2.24, 2.45) is 4.99 Å². The third-order valence-electron chi connectivity index (χ3n) is 2.65. The molecule has 6 heteroatoms. The third-order valence-corrected chi connectivity index (χ3v) is 2.65. The summed E-state index contributed by atoms with van der Waals surface area (Å²) in [5.74, 6) is -1.08. The Hall–Kier alpha value is -1.43. The molecule has 3 N–H and O–H groups in total. The number of carbonyl (C=O) groups excluding carboxylic acids is 2. The standard InChI is InChI=1S/C9H13N3O3/c13-6-3-1-5(2-4-6)10-9-11-7(14)8(15)12-9/h5-6,13H,1-4H2,(H2,10,11,12,14,15). The van der Waals surface area contributed by atoms with Gasteiger partial charge < -0.3 is 5.11 Å². The molecule has 0 aromatic carbocycles. The number of hydrogen-bond acceptors (Lipinski definition) is 4. The summed E-state index contributed by atoms with van der Waals surface area (Å²) in [4.78, 5) is 25.9. The van der Waals surface area contributed by atoms with E-state index in [1.165, 1.54) is 0 Å². The predicted molar refractivity (Wildman–Crippen MR) is 52.0 cm³/mol. The van der Waals surface area contributed by atoms with Crippen molar-refractivity contribution in [3.63, 3.8) is 0 Å². The fraction of sp³-hybridized carbons (Fsp3) is 0.667. The average molecular weight is 211 g/mol. The molecular weight excluding hydrogens is 198 g/mol. The van der Waals surface area contributed by atoms with Gasteiger partial charge in [0.15, 0.2) is 0 Å². The molecule has 1 heterocycles. The maximum Gasteiger partial charge on any atom is 0.316 e. The van der Waals surface area contributed by atoms with Crippen molar-refractivity contribution in [1.82, 2.24) is 10.6 Å². The fourth-order valence-electron chi connectivity index (χ4n) is 1.79. The SMILES string of the molecule is O=C1NC(=NC2CCC(O)CC2)NC1=O. The number of aliphatic hydroxyl groups is 1. The Kier molecular flexibility index (Phi) is 2.68. The second kappa shape index (κ2) is 3.98. The van der Waals surface area contributed by atoms with E-state index in [0.29, 0.717) is 0 Å². The van der Waals surface area contributed by atoms with Crippen LogP contribution >= 0.6 is 0 Å². The molecule has 6 nitrogen and oxygen atoms in total. The van der Waals surface area contributed by atoms with Crippen LogP contribution in [0.1, 0.15) is 25.7 Å². The zero-order valence-corrected chi connectivity index (χ0v) is 8.19. The Morgan fingerprint density at radius 1 is 1.07 bits per heavy atom. The minimum atomic E-state index is -0.662. The van der Waals surface area contributed by atoms with Crippen LogP contribution < -0.4 is 10.6 Å². The van der Waals surface area contributed by atoms with Crippen molar-refractivity contribution in [2.45, 2.75) is 37.8 Å². The van der Waals surface area contributed by atoms with Gasteiger partial charge in [0.25, 0.3) is 0 Å². The lowest BCUT2D eigenvalue weighted by Crippen LogP contribution is -2.30. The molecule has 82 valence electrons. The Balaban J connectivity index is 1.94. The number of aliphatic imine (C=N–C) groups is 1. The highest BCUT2D eigenvalue weighted by Crippen LogP contribution is 2.20. The number of amides is 2. The Morgan fingerprint density at radius 2 is 1.60 bits per heavy atom. The van der Waals surface area contributed by atoms with Gasteiger partial charge in [-0.1, -0.05) is 0 Å². The van der Waals surface area contributed by atoms with E-state index >= 15 is 0 Å². The molecule has 0 atom stereocenters. The summed E-state index contributed by atoms with van der Waals surface area (Å²) >= 11 is 0. The van der Waals surface area contributed by atoms with Crippen molar-refractivity contribution >= 4 is 17.8 Å². The summed E-state index contributed by atoms with van der Waals surface area (Å²) in [7, 11) is 0. The summed E-state index contributed by atoms with van der Waals surface area (Å²) in [6, 6.07) is 0.0853. The minimum Gasteiger partial charge on any atom is -0.393 e. The van der Waals surface area contributed by atoms with Crippen LogP contribution in [0.4, 0.5) is 0 Å². The molecular formula is C9H13N3O3.